The Labute approximate surface area is 117 Å². The lowest BCUT2D eigenvalue weighted by Gasteiger charge is -2.29. The third-order valence-corrected chi connectivity index (χ3v) is 2.76. The first-order valence-corrected chi connectivity index (χ1v) is 6.21. The van der Waals surface area contributed by atoms with E-state index in [9.17, 15) is 20.0 Å². The van der Waals surface area contributed by atoms with Crippen LogP contribution >= 0.6 is 0 Å². The van der Waals surface area contributed by atoms with Gasteiger partial charge >= 0.3 is 0 Å². The second kappa shape index (κ2) is 5.87. The number of aliphatic hydroxyl groups is 1. The highest BCUT2D eigenvalue weighted by molar-refractivity contribution is 5.94. The summed E-state index contributed by atoms with van der Waals surface area (Å²) in [4.78, 5) is 23.4. The van der Waals surface area contributed by atoms with E-state index in [4.69, 9.17) is 5.73 Å². The molecule has 7 nitrogen and oxygen atoms in total. The molecule has 1 aromatic rings. The maximum Gasteiger partial charge on any atom is 0.292 e. The number of carbonyl (C=O) groups is 1. The molecule has 20 heavy (non-hydrogen) atoms. The fourth-order valence-corrected chi connectivity index (χ4v) is 1.92. The molecule has 0 aliphatic rings. The largest absolute Gasteiger partial charge is 0.389 e. The zero-order valence-electron chi connectivity index (χ0n) is 11.8. The summed E-state index contributed by atoms with van der Waals surface area (Å²) in [6.45, 7) is 5.69. The number of hydrogen-bond donors (Lipinski definition) is 2. The predicted molar refractivity (Wildman–Crippen MR) is 75.8 cm³/mol. The summed E-state index contributed by atoms with van der Waals surface area (Å²) in [5.74, 6) is -0.652. The van der Waals surface area contributed by atoms with Crippen LogP contribution in [0.25, 0.3) is 0 Å². The van der Waals surface area contributed by atoms with Crippen LogP contribution in [-0.2, 0) is 0 Å². The van der Waals surface area contributed by atoms with Gasteiger partial charge in [-0.25, -0.2) is 0 Å². The number of nitrogens with two attached hydrogens (primary N) is 1. The normalized spacial score (nSPS) is 11.2. The number of benzene rings is 1. The number of amides is 1. The van der Waals surface area contributed by atoms with Gasteiger partial charge in [0.15, 0.2) is 0 Å². The van der Waals surface area contributed by atoms with Crippen LogP contribution in [0.1, 0.15) is 31.1 Å². The van der Waals surface area contributed by atoms with Crippen LogP contribution < -0.4 is 10.6 Å². The number of primary amides is 1. The Morgan fingerprint density at radius 1 is 1.50 bits per heavy atom. The van der Waals surface area contributed by atoms with Crippen LogP contribution in [0.5, 0.6) is 0 Å². The Morgan fingerprint density at radius 3 is 2.50 bits per heavy atom. The Morgan fingerprint density at radius 2 is 2.10 bits per heavy atom. The molecule has 0 saturated carbocycles. The lowest BCUT2D eigenvalue weighted by molar-refractivity contribution is -0.384. The maximum atomic E-state index is 11.2. The summed E-state index contributed by atoms with van der Waals surface area (Å²) in [6, 6.07) is 3.96. The van der Waals surface area contributed by atoms with Crippen molar-refractivity contribution in [2.45, 2.75) is 26.4 Å². The molecule has 0 unspecified atom stereocenters. The highest BCUT2D eigenvalue weighted by atomic mass is 16.6. The molecule has 110 valence electrons. The number of likely N-dealkylation sites (N-methyl/N-ethyl adjacent to an activating group) is 1. The van der Waals surface area contributed by atoms with Gasteiger partial charge in [0.2, 0.25) is 5.91 Å². The molecule has 1 amide bonds. The average Bonchev–Trinajstić information content (AvgIpc) is 2.33. The first kappa shape index (κ1) is 15.9. The van der Waals surface area contributed by atoms with E-state index in [1.165, 1.54) is 18.2 Å². The van der Waals surface area contributed by atoms with Gasteiger partial charge in [-0.2, -0.15) is 0 Å². The molecule has 0 saturated heterocycles. The van der Waals surface area contributed by atoms with Gasteiger partial charge in [-0.15, -0.1) is 0 Å². The van der Waals surface area contributed by atoms with Crippen molar-refractivity contribution in [2.24, 2.45) is 5.73 Å². The SMILES string of the molecule is CCN(CC(C)(C)O)c1cc(C(N)=O)ccc1[N+](=O)[O-]. The van der Waals surface area contributed by atoms with Gasteiger partial charge in [0.1, 0.15) is 5.69 Å². The van der Waals surface area contributed by atoms with Crippen molar-refractivity contribution in [1.82, 2.24) is 0 Å². The number of rotatable bonds is 6. The highest BCUT2D eigenvalue weighted by Crippen LogP contribution is 2.30. The van der Waals surface area contributed by atoms with E-state index in [1.807, 2.05) is 6.92 Å². The molecule has 0 bridgehead atoms. The zero-order chi connectivity index (χ0) is 15.5. The van der Waals surface area contributed by atoms with Crippen LogP contribution in [-0.4, -0.2) is 34.6 Å². The standard InChI is InChI=1S/C13H19N3O4/c1-4-15(8-13(2,3)18)11-7-9(12(14)17)5-6-10(11)16(19)20/h5-7,18H,4,8H2,1-3H3,(H2,14,17). The molecule has 3 N–H and O–H groups in total. The van der Waals surface area contributed by atoms with Gasteiger partial charge in [-0.1, -0.05) is 0 Å². The van der Waals surface area contributed by atoms with Gasteiger partial charge in [0.25, 0.3) is 5.69 Å². The topological polar surface area (TPSA) is 110 Å². The summed E-state index contributed by atoms with van der Waals surface area (Å²) in [5.41, 5.74) is 4.52. The molecule has 0 aliphatic carbocycles. The molecule has 0 spiro atoms. The van der Waals surface area contributed by atoms with E-state index < -0.39 is 16.4 Å². The lowest BCUT2D eigenvalue weighted by Crippen LogP contribution is -2.39. The van der Waals surface area contributed by atoms with E-state index in [0.29, 0.717) is 6.54 Å². The van der Waals surface area contributed by atoms with E-state index in [0.717, 1.165) is 0 Å². The number of carbonyl (C=O) groups excluding carboxylic acids is 1. The van der Waals surface area contributed by atoms with Gasteiger partial charge in [0.05, 0.1) is 10.5 Å². The van der Waals surface area contributed by atoms with E-state index >= 15 is 0 Å². The Balaban J connectivity index is 3.32. The van der Waals surface area contributed by atoms with Crippen LogP contribution in [0.15, 0.2) is 18.2 Å². The molecule has 0 aliphatic heterocycles. The van der Waals surface area contributed by atoms with E-state index in [1.54, 1.807) is 18.7 Å². The molecular weight excluding hydrogens is 262 g/mol. The average molecular weight is 281 g/mol. The molecule has 0 radical (unpaired) electrons. The minimum absolute atomic E-state index is 0.124. The molecule has 7 heteroatoms. The van der Waals surface area contributed by atoms with Gasteiger partial charge in [0, 0.05) is 24.7 Å². The first-order chi connectivity index (χ1) is 9.15. The predicted octanol–water partition coefficient (Wildman–Crippen LogP) is 1.29. The van der Waals surface area contributed by atoms with Crippen molar-refractivity contribution in [1.29, 1.82) is 0 Å². The number of nitrogens with zero attached hydrogens (tertiary/aromatic N) is 2. The zero-order valence-corrected chi connectivity index (χ0v) is 11.8. The molecule has 1 rings (SSSR count). The lowest BCUT2D eigenvalue weighted by atomic mass is 10.1. The molecule has 1 aromatic carbocycles. The fraction of sp³-hybridized carbons (Fsp3) is 0.462. The van der Waals surface area contributed by atoms with Crippen molar-refractivity contribution in [2.75, 3.05) is 18.0 Å². The number of nitro benzene ring substituents is 1. The Bertz CT molecular complexity index is 523. The van der Waals surface area contributed by atoms with E-state index in [-0.39, 0.29) is 23.5 Å². The van der Waals surface area contributed by atoms with Gasteiger partial charge in [-0.05, 0) is 32.9 Å². The van der Waals surface area contributed by atoms with Gasteiger partial charge < -0.3 is 15.7 Å². The monoisotopic (exact) mass is 281 g/mol. The van der Waals surface area contributed by atoms with Gasteiger partial charge in [-0.3, -0.25) is 14.9 Å². The number of anilines is 1. The Hall–Kier alpha value is -2.15. The van der Waals surface area contributed by atoms with Crippen molar-refractivity contribution < 1.29 is 14.8 Å². The third-order valence-electron chi connectivity index (χ3n) is 2.76. The summed E-state index contributed by atoms with van der Waals surface area (Å²) >= 11 is 0. The van der Waals surface area contributed by atoms with E-state index in [2.05, 4.69) is 0 Å². The number of nitro groups is 1. The summed E-state index contributed by atoms with van der Waals surface area (Å²) in [5, 5.41) is 21.0. The quantitative estimate of drug-likeness (QED) is 0.603. The second-order valence-electron chi connectivity index (χ2n) is 5.15. The van der Waals surface area contributed by atoms with Crippen molar-refractivity contribution in [3.63, 3.8) is 0 Å². The Kier molecular flexibility index (Phi) is 4.67. The van der Waals surface area contributed by atoms with Crippen LogP contribution in [0.3, 0.4) is 0 Å². The fourth-order valence-electron chi connectivity index (χ4n) is 1.92. The summed E-state index contributed by atoms with van der Waals surface area (Å²) in [7, 11) is 0. The minimum Gasteiger partial charge on any atom is -0.389 e. The molecule has 0 fully saturated rings. The van der Waals surface area contributed by atoms with Crippen molar-refractivity contribution in [3.8, 4) is 0 Å². The summed E-state index contributed by atoms with van der Waals surface area (Å²) < 4.78 is 0. The molecule has 0 aromatic heterocycles. The number of hydrogen-bond acceptors (Lipinski definition) is 5. The molecule has 0 heterocycles. The van der Waals surface area contributed by atoms with Crippen LogP contribution in [0, 0.1) is 10.1 Å². The molecular formula is C13H19N3O4. The molecule has 0 atom stereocenters. The third kappa shape index (κ3) is 3.92. The minimum atomic E-state index is -1.02. The second-order valence-corrected chi connectivity index (χ2v) is 5.15. The van der Waals surface area contributed by atoms with Crippen molar-refractivity contribution >= 4 is 17.3 Å². The van der Waals surface area contributed by atoms with Crippen molar-refractivity contribution in [3.05, 3.63) is 33.9 Å². The maximum absolute atomic E-state index is 11.2. The smallest absolute Gasteiger partial charge is 0.292 e. The first-order valence-electron chi connectivity index (χ1n) is 6.21. The van der Waals surface area contributed by atoms with Crippen LogP contribution in [0.4, 0.5) is 11.4 Å². The highest BCUT2D eigenvalue weighted by Gasteiger charge is 2.24. The van der Waals surface area contributed by atoms with Crippen LogP contribution in [0.2, 0.25) is 0 Å². The summed E-state index contributed by atoms with van der Waals surface area (Å²) in [6.07, 6.45) is 0.